The van der Waals surface area contributed by atoms with Crippen LogP contribution in [-0.4, -0.2) is 43.7 Å². The van der Waals surface area contributed by atoms with Crippen LogP contribution in [0.2, 0.25) is 0 Å². The number of H-pyrrole nitrogens is 1. The number of hydrogen-bond donors (Lipinski definition) is 3. The molecule has 11 nitrogen and oxygen atoms in total. The van der Waals surface area contributed by atoms with Gasteiger partial charge in [0.1, 0.15) is 5.85 Å². The van der Waals surface area contributed by atoms with Crippen LogP contribution >= 0.6 is 7.60 Å². The predicted molar refractivity (Wildman–Crippen MR) is 67.0 cm³/mol. The summed E-state index contributed by atoms with van der Waals surface area (Å²) in [5, 5.41) is 8.98. The number of imidazole rings is 1. The van der Waals surface area contributed by atoms with Crippen LogP contribution in [0.5, 0.6) is 0 Å². The number of hydrogen-bond acceptors (Lipinski definition) is 9. The fraction of sp³-hybridized carbons (Fsp3) is 0.444. The molecule has 2 heterocycles. The minimum absolute atomic E-state index is 0. The number of aliphatic hydroxyl groups excluding tert-OH is 1. The third-order valence-electron chi connectivity index (χ3n) is 2.60. The summed E-state index contributed by atoms with van der Waals surface area (Å²) in [6.45, 7) is -0.467. The largest absolute Gasteiger partial charge is 1.00 e. The molecule has 14 heteroatoms. The van der Waals surface area contributed by atoms with Crippen molar-refractivity contribution in [2.24, 2.45) is 0 Å². The Kier molecular flexibility index (Phi) is 9.73. The van der Waals surface area contributed by atoms with Crippen LogP contribution < -0.4 is 80.2 Å². The summed E-state index contributed by atoms with van der Waals surface area (Å²) in [6, 6.07) is 0. The van der Waals surface area contributed by atoms with Gasteiger partial charge in [-0.25, -0.2) is 4.98 Å². The molecular weight excluding hydrogens is 351 g/mol. The number of ether oxygens (including phenoxy) is 1. The molecule has 2 aromatic heterocycles. The third kappa shape index (κ3) is 6.22. The summed E-state index contributed by atoms with van der Waals surface area (Å²) in [4.78, 5) is 42.5. The fourth-order valence-corrected chi connectivity index (χ4v) is 1.87. The number of nitrogens with zero attached hydrogens (tertiary/aromatic N) is 3. The third-order valence-corrected chi connectivity index (χ3v) is 3.48. The minimum Gasteiger partial charge on any atom is -0.809 e. The molecule has 0 saturated heterocycles. The average Bonchev–Trinajstić information content (AvgIpc) is 2.76. The number of aromatic nitrogens is 4. The van der Waals surface area contributed by atoms with Crippen LogP contribution in [0.3, 0.4) is 0 Å². The monoisotopic (exact) mass is 363 g/mol. The van der Waals surface area contributed by atoms with Crippen molar-refractivity contribution in [1.29, 1.82) is 0 Å². The van der Waals surface area contributed by atoms with E-state index < -0.39 is 25.6 Å². The van der Waals surface area contributed by atoms with Gasteiger partial charge in [0, 0.05) is 6.54 Å². The van der Waals surface area contributed by atoms with Gasteiger partial charge in [0.05, 0.1) is 19.5 Å². The smallest absolute Gasteiger partial charge is 0.809 e. The zero-order chi connectivity index (χ0) is 15.6. The Labute approximate surface area is 174 Å². The average molecular weight is 363 g/mol. The first-order valence-electron chi connectivity index (χ1n) is 5.77. The Morgan fingerprint density at radius 3 is 2.74 bits per heavy atom. The van der Waals surface area contributed by atoms with E-state index in [1.54, 1.807) is 0 Å². The molecule has 0 bridgehead atoms. The van der Waals surface area contributed by atoms with Crippen molar-refractivity contribution in [3.05, 3.63) is 16.7 Å². The summed E-state index contributed by atoms with van der Waals surface area (Å²) < 4.78 is 16.8. The molecule has 1 atom stereocenters. The Morgan fingerprint density at radius 1 is 1.48 bits per heavy atom. The summed E-state index contributed by atoms with van der Waals surface area (Å²) >= 11 is 0. The van der Waals surface area contributed by atoms with Gasteiger partial charge in [-0.15, -0.1) is 0 Å². The molecule has 0 aliphatic heterocycles. The molecule has 0 amide bonds. The number of nitrogen functional groups attached to an aromatic ring is 1. The van der Waals surface area contributed by atoms with E-state index in [-0.39, 0.29) is 89.4 Å². The molecular formula is C9H12N5Na2O6P. The topological polar surface area (TPSA) is 182 Å². The van der Waals surface area contributed by atoms with Gasteiger partial charge < -0.3 is 34.5 Å². The Hall–Kier alpha value is 0.220. The molecule has 2 aromatic rings. The van der Waals surface area contributed by atoms with Crippen molar-refractivity contribution in [1.82, 2.24) is 19.5 Å². The number of nitrogens with one attached hydrogen (secondary N) is 1. The van der Waals surface area contributed by atoms with Crippen molar-refractivity contribution in [3.63, 3.8) is 0 Å². The first kappa shape index (κ1) is 23.2. The van der Waals surface area contributed by atoms with Crippen molar-refractivity contribution in [2.45, 2.75) is 12.4 Å². The van der Waals surface area contributed by atoms with E-state index in [0.29, 0.717) is 0 Å². The van der Waals surface area contributed by atoms with Gasteiger partial charge in [-0.2, -0.15) is 4.98 Å². The van der Waals surface area contributed by atoms with Crippen LogP contribution in [0.1, 0.15) is 0 Å². The Balaban J connectivity index is 0.00000242. The number of aromatic amines is 1. The van der Waals surface area contributed by atoms with Crippen molar-refractivity contribution >= 4 is 24.7 Å². The number of aliphatic hydroxyl groups is 1. The standard InChI is InChI=1S/C9H14N5O6P.2Na/c10-9-12-7-6(8(16)13-9)11-4-14(7)1-2-20-3-5(15)21(17,18)19;;/h4-5,15H,1-3H2,(H2,17,18,19)(H3,10,12,13,16);;/q;2*+1/p-2. The van der Waals surface area contributed by atoms with Crippen molar-refractivity contribution in [3.8, 4) is 0 Å². The molecule has 2 rings (SSSR count). The van der Waals surface area contributed by atoms with E-state index in [1.807, 2.05) is 0 Å². The van der Waals surface area contributed by atoms with E-state index in [2.05, 4.69) is 15.0 Å². The maximum atomic E-state index is 11.5. The first-order chi connectivity index (χ1) is 9.79. The molecule has 0 aromatic carbocycles. The van der Waals surface area contributed by atoms with Gasteiger partial charge >= 0.3 is 59.1 Å². The summed E-state index contributed by atoms with van der Waals surface area (Å²) in [5.41, 5.74) is 5.30. The molecule has 0 saturated carbocycles. The van der Waals surface area contributed by atoms with Gasteiger partial charge in [-0.1, -0.05) is 0 Å². The number of fused-ring (bicyclic) bond motifs is 1. The number of rotatable bonds is 6. The van der Waals surface area contributed by atoms with Gasteiger partial charge in [0.2, 0.25) is 5.95 Å². The van der Waals surface area contributed by atoms with Crippen LogP contribution in [0.25, 0.3) is 11.2 Å². The fourth-order valence-electron chi connectivity index (χ4n) is 1.58. The molecule has 0 fully saturated rings. The molecule has 0 spiro atoms. The zero-order valence-corrected chi connectivity index (χ0v) is 17.5. The van der Waals surface area contributed by atoms with Crippen molar-refractivity contribution < 1.29 is 83.3 Å². The van der Waals surface area contributed by atoms with E-state index in [1.165, 1.54) is 10.9 Å². The van der Waals surface area contributed by atoms with Crippen LogP contribution in [0.4, 0.5) is 5.95 Å². The number of anilines is 1. The van der Waals surface area contributed by atoms with Gasteiger partial charge in [-0.3, -0.25) is 9.78 Å². The summed E-state index contributed by atoms with van der Waals surface area (Å²) in [7, 11) is -5.07. The second-order valence-electron chi connectivity index (χ2n) is 4.16. The molecule has 23 heavy (non-hydrogen) atoms. The quantitative estimate of drug-likeness (QED) is 0.255. The van der Waals surface area contributed by atoms with Crippen LogP contribution in [-0.2, 0) is 15.8 Å². The van der Waals surface area contributed by atoms with E-state index in [4.69, 9.17) is 15.6 Å². The molecule has 4 N–H and O–H groups in total. The maximum Gasteiger partial charge on any atom is 1.00 e. The maximum absolute atomic E-state index is 11.5. The van der Waals surface area contributed by atoms with Crippen LogP contribution in [0, 0.1) is 0 Å². The van der Waals surface area contributed by atoms with E-state index in [0.717, 1.165) is 0 Å². The second kappa shape index (κ2) is 9.64. The molecule has 116 valence electrons. The van der Waals surface area contributed by atoms with E-state index >= 15 is 0 Å². The normalized spacial score (nSPS) is 12.5. The Morgan fingerprint density at radius 2 is 2.13 bits per heavy atom. The molecule has 0 aliphatic carbocycles. The first-order valence-corrected chi connectivity index (χ1v) is 7.38. The van der Waals surface area contributed by atoms with E-state index in [9.17, 15) is 19.1 Å². The Bertz CT molecular complexity index is 746. The van der Waals surface area contributed by atoms with Crippen LogP contribution in [0.15, 0.2) is 11.1 Å². The summed E-state index contributed by atoms with van der Waals surface area (Å²) in [5.74, 6) is -2.15. The molecule has 1 unspecified atom stereocenters. The molecule has 0 aliphatic rings. The SMILES string of the molecule is Nc1nc2c(ncn2CCOCC(O)P(=O)([O-])[O-])c(=O)[nH]1.[Na+].[Na+]. The second-order valence-corrected chi connectivity index (χ2v) is 5.83. The summed E-state index contributed by atoms with van der Waals surface area (Å²) in [6.07, 6.45) is 1.35. The minimum atomic E-state index is -5.07. The van der Waals surface area contributed by atoms with Crippen molar-refractivity contribution in [2.75, 3.05) is 18.9 Å². The van der Waals surface area contributed by atoms with Gasteiger partial charge in [0.25, 0.3) is 5.56 Å². The van der Waals surface area contributed by atoms with Gasteiger partial charge in [0.15, 0.2) is 11.2 Å². The zero-order valence-electron chi connectivity index (χ0n) is 12.6. The molecule has 0 radical (unpaired) electrons. The van der Waals surface area contributed by atoms with Gasteiger partial charge in [-0.05, 0) is 7.60 Å². The predicted octanol–water partition coefficient (Wildman–Crippen LogP) is -9.04. The number of nitrogens with two attached hydrogens (primary N) is 1.